The van der Waals surface area contributed by atoms with Crippen LogP contribution in [-0.2, 0) is 0 Å². The number of pyridine rings is 1. The monoisotopic (exact) mass is 558 g/mol. The van der Waals surface area contributed by atoms with Crippen LogP contribution >= 0.6 is 0 Å². The van der Waals surface area contributed by atoms with Crippen LogP contribution in [0.1, 0.15) is 65.7 Å². The average Bonchev–Trinajstić information content (AvgIpc) is 3.28. The molecule has 0 bridgehead atoms. The second-order valence-corrected chi connectivity index (χ2v) is 22.6. The van der Waals surface area contributed by atoms with E-state index in [0.29, 0.717) is 13.0 Å². The van der Waals surface area contributed by atoms with Crippen molar-refractivity contribution in [2.45, 2.75) is 79.0 Å². The average molecular weight is 557 g/mol. The second kappa shape index (κ2) is 13.4. The Morgan fingerprint density at radius 1 is 0.818 bits per heavy atom. The maximum absolute atomic E-state index is 8.92. The second-order valence-electron chi connectivity index (χ2n) is 9.35. The molecule has 0 spiro atoms. The number of aromatic nitrogens is 2. The Morgan fingerprint density at radius 2 is 1.45 bits per heavy atom. The number of hydrogen-bond acceptors (Lipinski definition) is 3. The summed E-state index contributed by atoms with van der Waals surface area (Å²) in [5.41, 5.74) is 3.14. The first-order valence-corrected chi connectivity index (χ1v) is 20.5. The molecule has 3 aromatic rings. The van der Waals surface area contributed by atoms with Crippen molar-refractivity contribution in [3.05, 3.63) is 48.8 Å². The topological polar surface area (TPSA) is 46.8 Å². The first-order valence-electron chi connectivity index (χ1n) is 13.0. The van der Waals surface area contributed by atoms with Crippen LogP contribution in [0.15, 0.2) is 48.8 Å². The molecular formula is C28H42N2O2Sn. The summed E-state index contributed by atoms with van der Waals surface area (Å²) >= 11 is -2.45. The standard InChI is InChI=1S/C16H15N2O2.3C4H9.Sn/c19-10-3-11-20-14-7-5-13(6-8-14)15-12-18-9-2-1-4-16(18)17-15;3*1-3-4-2;/h1,4-9,12,19H,3,10-11H2;3*1,3-4H2,2H3;. The molecule has 33 heavy (non-hydrogen) atoms. The van der Waals surface area contributed by atoms with Gasteiger partial charge in [0.2, 0.25) is 0 Å². The fourth-order valence-electron chi connectivity index (χ4n) is 4.77. The van der Waals surface area contributed by atoms with Gasteiger partial charge in [-0.25, -0.2) is 0 Å². The van der Waals surface area contributed by atoms with E-state index in [0.717, 1.165) is 22.7 Å². The molecule has 0 fully saturated rings. The number of unbranched alkanes of at least 4 members (excludes halogenated alkanes) is 3. The van der Waals surface area contributed by atoms with Crippen LogP contribution in [0.4, 0.5) is 0 Å². The third-order valence-electron chi connectivity index (χ3n) is 6.81. The number of nitrogens with zero attached hydrogens (tertiary/aromatic N) is 2. The molecule has 2 aromatic heterocycles. The van der Waals surface area contributed by atoms with Gasteiger partial charge in [0, 0.05) is 6.61 Å². The van der Waals surface area contributed by atoms with E-state index in [1.54, 1.807) is 3.58 Å². The van der Waals surface area contributed by atoms with Crippen LogP contribution in [0.25, 0.3) is 16.9 Å². The first kappa shape index (κ1) is 26.1. The molecule has 1 aromatic carbocycles. The summed E-state index contributed by atoms with van der Waals surface area (Å²) < 4.78 is 14.1. The number of aliphatic hydroxyl groups excluding tert-OH is 1. The van der Waals surface area contributed by atoms with Crippen molar-refractivity contribution in [3.8, 4) is 17.0 Å². The van der Waals surface area contributed by atoms with Crippen molar-refractivity contribution in [3.63, 3.8) is 0 Å². The normalized spacial score (nSPS) is 11.9. The van der Waals surface area contributed by atoms with Gasteiger partial charge in [-0.3, -0.25) is 0 Å². The number of aliphatic hydroxyl groups is 1. The summed E-state index contributed by atoms with van der Waals surface area (Å²) in [6, 6.07) is 12.8. The van der Waals surface area contributed by atoms with Gasteiger partial charge in [0.15, 0.2) is 0 Å². The molecule has 0 aliphatic heterocycles. The fraction of sp³-hybridized carbons (Fsp3) is 0.536. The van der Waals surface area contributed by atoms with Crippen molar-refractivity contribution in [2.75, 3.05) is 13.2 Å². The molecule has 0 aliphatic rings. The minimum atomic E-state index is -2.45. The summed E-state index contributed by atoms with van der Waals surface area (Å²) in [4.78, 5) is 4.91. The minimum absolute atomic E-state index is 0.155. The van der Waals surface area contributed by atoms with Gasteiger partial charge < -0.3 is 5.11 Å². The molecule has 1 N–H and O–H groups in total. The molecule has 0 saturated heterocycles. The molecule has 180 valence electrons. The Morgan fingerprint density at radius 3 is 2.03 bits per heavy atom. The van der Waals surface area contributed by atoms with E-state index >= 15 is 0 Å². The molecule has 0 unspecified atom stereocenters. The number of hydrogen-bond donors (Lipinski definition) is 1. The van der Waals surface area contributed by atoms with Gasteiger partial charge in [-0.15, -0.1) is 0 Å². The number of ether oxygens (including phenoxy) is 1. The molecule has 0 aliphatic carbocycles. The van der Waals surface area contributed by atoms with Crippen LogP contribution < -0.4 is 8.32 Å². The van der Waals surface area contributed by atoms with Crippen LogP contribution in [0.2, 0.25) is 13.3 Å². The molecule has 4 nitrogen and oxygen atoms in total. The van der Waals surface area contributed by atoms with E-state index in [-0.39, 0.29) is 6.61 Å². The van der Waals surface area contributed by atoms with Crippen molar-refractivity contribution < 1.29 is 9.84 Å². The Kier molecular flexibility index (Phi) is 10.6. The zero-order chi connectivity index (χ0) is 23.5. The molecule has 0 atom stereocenters. The Labute approximate surface area is 204 Å². The molecule has 0 saturated carbocycles. The van der Waals surface area contributed by atoms with Gasteiger partial charge in [0.25, 0.3) is 0 Å². The summed E-state index contributed by atoms with van der Waals surface area (Å²) in [6.07, 6.45) is 13.3. The zero-order valence-electron chi connectivity index (χ0n) is 20.9. The number of benzene rings is 1. The van der Waals surface area contributed by atoms with E-state index in [1.807, 2.05) is 12.1 Å². The third-order valence-corrected chi connectivity index (χ3v) is 22.4. The molecule has 5 heteroatoms. The molecule has 0 radical (unpaired) electrons. The van der Waals surface area contributed by atoms with Crippen LogP contribution in [0, 0.1) is 0 Å². The van der Waals surface area contributed by atoms with E-state index < -0.39 is 18.4 Å². The summed E-state index contributed by atoms with van der Waals surface area (Å²) in [5, 5.41) is 8.92. The van der Waals surface area contributed by atoms with Crippen LogP contribution in [0.5, 0.6) is 5.75 Å². The zero-order valence-corrected chi connectivity index (χ0v) is 23.7. The first-order chi connectivity index (χ1) is 16.2. The Balaban J connectivity index is 1.88. The van der Waals surface area contributed by atoms with Crippen LogP contribution in [0.3, 0.4) is 0 Å². The van der Waals surface area contributed by atoms with Gasteiger partial charge in [-0.05, 0) is 0 Å². The summed E-state index contributed by atoms with van der Waals surface area (Å²) in [6.45, 7) is 7.71. The number of fused-ring (bicyclic) bond motifs is 1. The molecule has 3 rings (SSSR count). The molecule has 2 heterocycles. The fourth-order valence-corrected chi connectivity index (χ4v) is 20.6. The Bertz CT molecular complexity index is 946. The number of imidazole rings is 1. The Hall–Kier alpha value is -1.53. The maximum atomic E-state index is 8.92. The third kappa shape index (κ3) is 6.98. The van der Waals surface area contributed by atoms with E-state index in [1.165, 1.54) is 51.8 Å². The number of rotatable bonds is 15. The molecule has 0 amide bonds. The van der Waals surface area contributed by atoms with Gasteiger partial charge in [-0.2, -0.15) is 0 Å². The van der Waals surface area contributed by atoms with E-state index in [2.05, 4.69) is 61.8 Å². The summed E-state index contributed by atoms with van der Waals surface area (Å²) in [7, 11) is 0. The van der Waals surface area contributed by atoms with Gasteiger partial charge in [-0.1, -0.05) is 0 Å². The molecular weight excluding hydrogens is 515 g/mol. The predicted octanol–water partition coefficient (Wildman–Crippen LogP) is 6.82. The van der Waals surface area contributed by atoms with Crippen LogP contribution in [-0.4, -0.2) is 46.1 Å². The summed E-state index contributed by atoms with van der Waals surface area (Å²) in [5.74, 6) is 0.833. The SMILES string of the molecule is CCC[CH2][Sn]([CH2]CCC)([CH2]CCC)[c]1ccc2nc(-c3ccc(OCCCO)cc3)cn2c1. The van der Waals surface area contributed by atoms with Crippen molar-refractivity contribution in [2.24, 2.45) is 0 Å². The van der Waals surface area contributed by atoms with Crippen molar-refractivity contribution in [1.82, 2.24) is 9.38 Å². The van der Waals surface area contributed by atoms with Gasteiger partial charge in [0.1, 0.15) is 0 Å². The van der Waals surface area contributed by atoms with Gasteiger partial charge >= 0.3 is 193 Å². The van der Waals surface area contributed by atoms with E-state index in [9.17, 15) is 0 Å². The van der Waals surface area contributed by atoms with Crippen molar-refractivity contribution >= 4 is 27.6 Å². The predicted molar refractivity (Wildman–Crippen MR) is 142 cm³/mol. The quantitative estimate of drug-likeness (QED) is 0.165. The van der Waals surface area contributed by atoms with E-state index in [4.69, 9.17) is 14.8 Å². The van der Waals surface area contributed by atoms with Crippen molar-refractivity contribution in [1.29, 1.82) is 0 Å². The van der Waals surface area contributed by atoms with Gasteiger partial charge in [0.05, 0.1) is 0 Å².